The molecule has 0 unspecified atom stereocenters. The van der Waals surface area contributed by atoms with Gasteiger partial charge in [-0.2, -0.15) is 4.31 Å². The Labute approximate surface area is 113 Å². The van der Waals surface area contributed by atoms with Crippen LogP contribution in [0.1, 0.15) is 18.4 Å². The van der Waals surface area contributed by atoms with Crippen LogP contribution in [-0.4, -0.2) is 37.9 Å². The molecule has 0 atom stereocenters. The fourth-order valence-electron chi connectivity index (χ4n) is 2.15. The number of hydrogen-bond acceptors (Lipinski definition) is 4. The molecule has 0 N–H and O–H groups in total. The fraction of sp³-hybridized carbons (Fsp3) is 0.462. The van der Waals surface area contributed by atoms with E-state index < -0.39 is 10.0 Å². The number of hydrogen-bond donors (Lipinski definition) is 0. The molecule has 1 saturated heterocycles. The van der Waals surface area contributed by atoms with E-state index in [0.29, 0.717) is 30.8 Å². The Morgan fingerprint density at radius 3 is 2.32 bits per heavy atom. The van der Waals surface area contributed by atoms with Crippen LogP contribution in [-0.2, 0) is 14.8 Å². The van der Waals surface area contributed by atoms with Crippen LogP contribution in [0, 0.1) is 6.92 Å². The van der Waals surface area contributed by atoms with Crippen molar-refractivity contribution in [2.45, 2.75) is 30.7 Å². The molecule has 19 heavy (non-hydrogen) atoms. The minimum atomic E-state index is -3.42. The summed E-state index contributed by atoms with van der Waals surface area (Å²) in [5.74, 6) is 0. The second-order valence-corrected chi connectivity index (χ2v) is 6.61. The Hall–Kier alpha value is -1.49. The maximum atomic E-state index is 12.4. The van der Waals surface area contributed by atoms with Crippen LogP contribution in [0.4, 0.5) is 0 Å². The molecule has 0 spiro atoms. The zero-order chi connectivity index (χ0) is 13.9. The summed E-state index contributed by atoms with van der Waals surface area (Å²) in [4.78, 5) is 14.2. The second kappa shape index (κ2) is 5.65. The Kier molecular flexibility index (Phi) is 4.14. The van der Waals surface area contributed by atoms with Crippen LogP contribution < -0.4 is 0 Å². The molecule has 102 valence electrons. The highest BCUT2D eigenvalue weighted by atomic mass is 32.2. The van der Waals surface area contributed by atoms with Crippen molar-refractivity contribution in [3.63, 3.8) is 0 Å². The second-order valence-electron chi connectivity index (χ2n) is 4.67. The molecule has 0 amide bonds. The molecule has 2 rings (SSSR count). The topological polar surface area (TPSA) is 66.8 Å². The van der Waals surface area contributed by atoms with Gasteiger partial charge in [0, 0.05) is 13.1 Å². The Morgan fingerprint density at radius 2 is 1.79 bits per heavy atom. The summed E-state index contributed by atoms with van der Waals surface area (Å²) in [5, 5.41) is 0. The Bertz CT molecular complexity index is 581. The molecule has 1 aliphatic rings. The Morgan fingerprint density at radius 1 is 1.21 bits per heavy atom. The third kappa shape index (κ3) is 3.10. The highest BCUT2D eigenvalue weighted by molar-refractivity contribution is 7.89. The summed E-state index contributed by atoms with van der Waals surface area (Å²) >= 11 is 0. The SMILES string of the molecule is Cc1ccc(S(=O)(=O)N2CCC(N=C=O)CC2)cc1. The molecule has 0 aromatic heterocycles. The maximum Gasteiger partial charge on any atom is 0.243 e. The van der Waals surface area contributed by atoms with Crippen molar-refractivity contribution in [3.8, 4) is 0 Å². The van der Waals surface area contributed by atoms with E-state index in [1.165, 1.54) is 10.4 Å². The highest BCUT2D eigenvalue weighted by Gasteiger charge is 2.29. The molecular weight excluding hydrogens is 264 g/mol. The molecule has 1 aromatic rings. The number of nitrogens with zero attached hydrogens (tertiary/aromatic N) is 2. The van der Waals surface area contributed by atoms with Gasteiger partial charge in [-0.05, 0) is 31.9 Å². The van der Waals surface area contributed by atoms with Crippen LogP contribution >= 0.6 is 0 Å². The predicted octanol–water partition coefficient (Wildman–Crippen LogP) is 1.48. The van der Waals surface area contributed by atoms with Crippen LogP contribution in [0.5, 0.6) is 0 Å². The van der Waals surface area contributed by atoms with Crippen LogP contribution in [0.2, 0.25) is 0 Å². The van der Waals surface area contributed by atoms with Gasteiger partial charge in [0.25, 0.3) is 0 Å². The first-order valence-corrected chi connectivity index (χ1v) is 7.62. The molecule has 1 fully saturated rings. The van der Waals surface area contributed by atoms with E-state index in [1.807, 2.05) is 6.92 Å². The lowest BCUT2D eigenvalue weighted by molar-refractivity contribution is 0.320. The van der Waals surface area contributed by atoms with Gasteiger partial charge in [-0.1, -0.05) is 17.7 Å². The average molecular weight is 280 g/mol. The van der Waals surface area contributed by atoms with E-state index in [9.17, 15) is 13.2 Å². The predicted molar refractivity (Wildman–Crippen MR) is 71.1 cm³/mol. The van der Waals surface area contributed by atoms with Gasteiger partial charge < -0.3 is 0 Å². The Balaban J connectivity index is 2.13. The van der Waals surface area contributed by atoms with Gasteiger partial charge in [-0.3, -0.25) is 0 Å². The number of benzene rings is 1. The molecule has 0 saturated carbocycles. The van der Waals surface area contributed by atoms with Gasteiger partial charge in [0.2, 0.25) is 16.1 Å². The van der Waals surface area contributed by atoms with Crippen molar-refractivity contribution in [3.05, 3.63) is 29.8 Å². The fourth-order valence-corrected chi connectivity index (χ4v) is 3.62. The van der Waals surface area contributed by atoms with Crippen molar-refractivity contribution in [2.24, 2.45) is 4.99 Å². The summed E-state index contributed by atoms with van der Waals surface area (Å²) in [6.07, 6.45) is 2.68. The molecule has 5 nitrogen and oxygen atoms in total. The highest BCUT2D eigenvalue weighted by Crippen LogP contribution is 2.22. The first-order chi connectivity index (χ1) is 9.04. The molecule has 1 aromatic carbocycles. The lowest BCUT2D eigenvalue weighted by Gasteiger charge is -2.28. The van der Waals surface area contributed by atoms with E-state index >= 15 is 0 Å². The third-order valence-electron chi connectivity index (χ3n) is 3.32. The number of piperidine rings is 1. The van der Waals surface area contributed by atoms with Gasteiger partial charge in [0.05, 0.1) is 10.9 Å². The lowest BCUT2D eigenvalue weighted by atomic mass is 10.1. The number of rotatable bonds is 3. The van der Waals surface area contributed by atoms with Crippen molar-refractivity contribution in [1.29, 1.82) is 0 Å². The number of aliphatic imine (C=N–C) groups is 1. The minimum Gasteiger partial charge on any atom is -0.211 e. The van der Waals surface area contributed by atoms with E-state index in [4.69, 9.17) is 0 Å². The zero-order valence-corrected chi connectivity index (χ0v) is 11.6. The summed E-state index contributed by atoms with van der Waals surface area (Å²) in [6, 6.07) is 6.73. The van der Waals surface area contributed by atoms with Crippen molar-refractivity contribution in [1.82, 2.24) is 4.31 Å². The number of isocyanates is 1. The summed E-state index contributed by atoms with van der Waals surface area (Å²) in [5.41, 5.74) is 1.03. The van der Waals surface area contributed by atoms with Crippen molar-refractivity contribution >= 4 is 16.1 Å². The normalized spacial score (nSPS) is 17.9. The van der Waals surface area contributed by atoms with Crippen molar-refractivity contribution in [2.75, 3.05) is 13.1 Å². The van der Waals surface area contributed by atoms with E-state index in [1.54, 1.807) is 24.3 Å². The average Bonchev–Trinajstić information content (AvgIpc) is 2.40. The van der Waals surface area contributed by atoms with Gasteiger partial charge in [0.1, 0.15) is 0 Å². The van der Waals surface area contributed by atoms with E-state index in [0.717, 1.165) is 5.56 Å². The van der Waals surface area contributed by atoms with E-state index in [2.05, 4.69) is 4.99 Å². The van der Waals surface area contributed by atoms with Crippen LogP contribution in [0.3, 0.4) is 0 Å². The first kappa shape index (κ1) is 13.9. The summed E-state index contributed by atoms with van der Waals surface area (Å²) in [7, 11) is -3.42. The molecule has 1 heterocycles. The number of carbonyl (C=O) groups excluding carboxylic acids is 1. The number of aryl methyl sites for hydroxylation is 1. The summed E-state index contributed by atoms with van der Waals surface area (Å²) in [6.45, 7) is 2.71. The van der Waals surface area contributed by atoms with Gasteiger partial charge >= 0.3 is 0 Å². The smallest absolute Gasteiger partial charge is 0.211 e. The van der Waals surface area contributed by atoms with Crippen molar-refractivity contribution < 1.29 is 13.2 Å². The largest absolute Gasteiger partial charge is 0.243 e. The maximum absolute atomic E-state index is 12.4. The molecule has 1 aliphatic heterocycles. The van der Waals surface area contributed by atoms with Gasteiger partial charge in [0.15, 0.2) is 0 Å². The van der Waals surface area contributed by atoms with Gasteiger partial charge in [-0.25, -0.2) is 18.2 Å². The first-order valence-electron chi connectivity index (χ1n) is 6.18. The zero-order valence-electron chi connectivity index (χ0n) is 10.7. The lowest BCUT2D eigenvalue weighted by Crippen LogP contribution is -2.39. The quantitative estimate of drug-likeness (QED) is 0.622. The molecule has 0 aliphatic carbocycles. The minimum absolute atomic E-state index is 0.0954. The molecule has 0 radical (unpaired) electrons. The third-order valence-corrected chi connectivity index (χ3v) is 5.23. The van der Waals surface area contributed by atoms with E-state index in [-0.39, 0.29) is 6.04 Å². The summed E-state index contributed by atoms with van der Waals surface area (Å²) < 4.78 is 26.2. The number of sulfonamides is 1. The standard InChI is InChI=1S/C13H16N2O3S/c1-11-2-4-13(5-3-11)19(17,18)15-8-6-12(7-9-15)14-10-16/h2-5,12H,6-9H2,1H3. The van der Waals surface area contributed by atoms with Crippen LogP contribution in [0.15, 0.2) is 34.2 Å². The molecular formula is C13H16N2O3S. The monoisotopic (exact) mass is 280 g/mol. The van der Waals surface area contributed by atoms with Gasteiger partial charge in [-0.15, -0.1) is 0 Å². The molecule has 0 bridgehead atoms. The molecule has 6 heteroatoms. The van der Waals surface area contributed by atoms with Crippen LogP contribution in [0.25, 0.3) is 0 Å².